The molecule has 0 aliphatic heterocycles. The third-order valence-corrected chi connectivity index (χ3v) is 4.84. The number of carbonyl (C=O) groups excluding carboxylic acids is 1. The number of nitrogens with zero attached hydrogens (tertiary/aromatic N) is 2. The largest absolute Gasteiger partial charge is 0.422 e. The van der Waals surface area contributed by atoms with E-state index in [0.717, 1.165) is 15.2 Å². The number of rotatable bonds is 3. The van der Waals surface area contributed by atoms with Crippen LogP contribution in [-0.4, -0.2) is 15.7 Å². The van der Waals surface area contributed by atoms with E-state index >= 15 is 0 Å². The van der Waals surface area contributed by atoms with E-state index in [-0.39, 0.29) is 11.3 Å². The third kappa shape index (κ3) is 3.24. The van der Waals surface area contributed by atoms with Crippen LogP contribution in [0.15, 0.2) is 69.9 Å². The smallest absolute Gasteiger partial charge is 0.364 e. The van der Waals surface area contributed by atoms with Crippen molar-refractivity contribution in [2.75, 3.05) is 0 Å². The first-order valence-electron chi connectivity index (χ1n) is 8.48. The number of esters is 1. The number of hydrogen-bond acceptors (Lipinski definition) is 4. The molecular weight excluding hydrogens is 408 g/mol. The van der Waals surface area contributed by atoms with E-state index in [4.69, 9.17) is 4.74 Å². The number of carbonyl (C=O) groups is 1. The highest BCUT2D eigenvalue weighted by Gasteiger charge is 2.18. The van der Waals surface area contributed by atoms with Gasteiger partial charge in [-0.1, -0.05) is 46.3 Å². The van der Waals surface area contributed by atoms with Gasteiger partial charge in [0.25, 0.3) is 5.56 Å². The second-order valence-electron chi connectivity index (χ2n) is 6.06. The van der Waals surface area contributed by atoms with Crippen molar-refractivity contribution in [2.45, 2.75) is 13.5 Å². The SMILES string of the molecule is CCn1nc(C(=O)Oc2ccc3cc(Br)ccc3c2)c2ccccc2c1=O. The minimum atomic E-state index is -0.593. The van der Waals surface area contributed by atoms with Gasteiger partial charge in [0.15, 0.2) is 5.69 Å². The van der Waals surface area contributed by atoms with Crippen LogP contribution in [0, 0.1) is 0 Å². The molecule has 0 N–H and O–H groups in total. The van der Waals surface area contributed by atoms with Crippen molar-refractivity contribution in [2.24, 2.45) is 0 Å². The average Bonchev–Trinajstić information content (AvgIpc) is 2.68. The van der Waals surface area contributed by atoms with E-state index < -0.39 is 5.97 Å². The minimum absolute atomic E-state index is 0.128. The summed E-state index contributed by atoms with van der Waals surface area (Å²) in [7, 11) is 0. The van der Waals surface area contributed by atoms with Crippen LogP contribution < -0.4 is 10.3 Å². The molecule has 0 aliphatic rings. The number of aromatic nitrogens is 2. The van der Waals surface area contributed by atoms with Gasteiger partial charge in [0.05, 0.1) is 5.39 Å². The molecule has 3 aromatic carbocycles. The van der Waals surface area contributed by atoms with Crippen LogP contribution in [-0.2, 0) is 6.54 Å². The predicted molar refractivity (Wildman–Crippen MR) is 108 cm³/mol. The van der Waals surface area contributed by atoms with E-state index in [0.29, 0.717) is 23.1 Å². The summed E-state index contributed by atoms with van der Waals surface area (Å²) in [5.41, 5.74) is -0.0936. The molecular formula is C21H15BrN2O3. The summed E-state index contributed by atoms with van der Waals surface area (Å²) < 4.78 is 7.82. The topological polar surface area (TPSA) is 61.2 Å². The van der Waals surface area contributed by atoms with Crippen molar-refractivity contribution in [3.05, 3.63) is 81.2 Å². The van der Waals surface area contributed by atoms with Gasteiger partial charge in [0.2, 0.25) is 0 Å². The summed E-state index contributed by atoms with van der Waals surface area (Å²) in [6.07, 6.45) is 0. The van der Waals surface area contributed by atoms with Gasteiger partial charge in [0, 0.05) is 16.4 Å². The van der Waals surface area contributed by atoms with Gasteiger partial charge in [-0.15, -0.1) is 0 Å². The van der Waals surface area contributed by atoms with Crippen LogP contribution in [0.1, 0.15) is 17.4 Å². The Kier molecular flexibility index (Phi) is 4.49. The molecule has 4 rings (SSSR count). The molecule has 1 aromatic heterocycles. The second kappa shape index (κ2) is 6.96. The fourth-order valence-electron chi connectivity index (χ4n) is 3.01. The summed E-state index contributed by atoms with van der Waals surface area (Å²) in [5, 5.41) is 7.14. The molecule has 0 bridgehead atoms. The molecule has 0 amide bonds. The Balaban J connectivity index is 1.76. The number of benzene rings is 3. The van der Waals surface area contributed by atoms with E-state index in [1.807, 2.05) is 24.3 Å². The predicted octanol–water partition coefficient (Wildman–Crippen LogP) is 4.55. The molecule has 5 nitrogen and oxygen atoms in total. The molecule has 1 heterocycles. The standard InChI is InChI=1S/C21H15BrN2O3/c1-2-24-20(25)18-6-4-3-5-17(18)19(23-24)21(26)27-16-10-8-13-11-15(22)9-7-14(13)12-16/h3-12H,2H2,1H3. The maximum atomic E-state index is 12.8. The van der Waals surface area contributed by atoms with Crippen molar-refractivity contribution >= 4 is 43.4 Å². The molecule has 0 unspecified atom stereocenters. The summed E-state index contributed by atoms with van der Waals surface area (Å²) >= 11 is 3.44. The average molecular weight is 423 g/mol. The van der Waals surface area contributed by atoms with Gasteiger partial charge in [-0.25, -0.2) is 9.48 Å². The fourth-order valence-corrected chi connectivity index (χ4v) is 3.39. The molecule has 0 spiro atoms. The highest BCUT2D eigenvalue weighted by atomic mass is 79.9. The zero-order valence-corrected chi connectivity index (χ0v) is 16.1. The lowest BCUT2D eigenvalue weighted by Crippen LogP contribution is -2.26. The summed E-state index contributed by atoms with van der Waals surface area (Å²) in [6.45, 7) is 2.18. The van der Waals surface area contributed by atoms with Gasteiger partial charge in [-0.2, -0.15) is 5.10 Å². The normalized spacial score (nSPS) is 11.0. The zero-order chi connectivity index (χ0) is 19.0. The molecule has 0 aliphatic carbocycles. The molecule has 0 fully saturated rings. The fraction of sp³-hybridized carbons (Fsp3) is 0.0952. The van der Waals surface area contributed by atoms with Crippen molar-refractivity contribution in [1.82, 2.24) is 9.78 Å². The van der Waals surface area contributed by atoms with Crippen LogP contribution in [0.5, 0.6) is 5.75 Å². The Morgan fingerprint density at radius 2 is 1.74 bits per heavy atom. The van der Waals surface area contributed by atoms with Gasteiger partial charge < -0.3 is 4.74 Å². The minimum Gasteiger partial charge on any atom is -0.422 e. The quantitative estimate of drug-likeness (QED) is 0.358. The highest BCUT2D eigenvalue weighted by Crippen LogP contribution is 2.25. The molecule has 6 heteroatoms. The Bertz CT molecular complexity index is 1250. The monoisotopic (exact) mass is 422 g/mol. The first kappa shape index (κ1) is 17.4. The third-order valence-electron chi connectivity index (χ3n) is 4.34. The van der Waals surface area contributed by atoms with Gasteiger partial charge in [-0.05, 0) is 48.0 Å². The van der Waals surface area contributed by atoms with Crippen molar-refractivity contribution in [1.29, 1.82) is 0 Å². The molecule has 134 valence electrons. The van der Waals surface area contributed by atoms with E-state index in [9.17, 15) is 9.59 Å². The maximum absolute atomic E-state index is 12.8. The first-order chi connectivity index (χ1) is 13.1. The van der Waals surface area contributed by atoms with E-state index in [2.05, 4.69) is 21.0 Å². The number of fused-ring (bicyclic) bond motifs is 2. The van der Waals surface area contributed by atoms with Crippen LogP contribution in [0.25, 0.3) is 21.5 Å². The summed E-state index contributed by atoms with van der Waals surface area (Å²) in [6, 6.07) is 18.2. The highest BCUT2D eigenvalue weighted by molar-refractivity contribution is 9.10. The Morgan fingerprint density at radius 3 is 2.52 bits per heavy atom. The summed E-state index contributed by atoms with van der Waals surface area (Å²) in [4.78, 5) is 25.2. The first-order valence-corrected chi connectivity index (χ1v) is 9.27. The molecule has 0 radical (unpaired) electrons. The van der Waals surface area contributed by atoms with Crippen molar-refractivity contribution < 1.29 is 9.53 Å². The van der Waals surface area contributed by atoms with Crippen LogP contribution in [0.2, 0.25) is 0 Å². The number of halogens is 1. The van der Waals surface area contributed by atoms with E-state index in [1.165, 1.54) is 4.68 Å². The van der Waals surface area contributed by atoms with Crippen LogP contribution >= 0.6 is 15.9 Å². The zero-order valence-electron chi connectivity index (χ0n) is 14.5. The van der Waals surface area contributed by atoms with E-state index in [1.54, 1.807) is 43.3 Å². The van der Waals surface area contributed by atoms with Crippen molar-refractivity contribution in [3.63, 3.8) is 0 Å². The second-order valence-corrected chi connectivity index (χ2v) is 6.97. The van der Waals surface area contributed by atoms with Gasteiger partial charge in [-0.3, -0.25) is 4.79 Å². The van der Waals surface area contributed by atoms with Crippen molar-refractivity contribution in [3.8, 4) is 5.75 Å². The number of hydrogen-bond donors (Lipinski definition) is 0. The Morgan fingerprint density at radius 1 is 1.04 bits per heavy atom. The summed E-state index contributed by atoms with van der Waals surface area (Å²) in [5.74, 6) is -0.167. The lowest BCUT2D eigenvalue weighted by molar-refractivity contribution is 0.0728. The number of ether oxygens (including phenoxy) is 1. The molecule has 0 saturated carbocycles. The van der Waals surface area contributed by atoms with Crippen LogP contribution in [0.4, 0.5) is 0 Å². The maximum Gasteiger partial charge on any atom is 0.364 e. The Labute approximate surface area is 163 Å². The molecule has 4 aromatic rings. The van der Waals surface area contributed by atoms with Crippen LogP contribution in [0.3, 0.4) is 0 Å². The molecule has 27 heavy (non-hydrogen) atoms. The van der Waals surface area contributed by atoms with Gasteiger partial charge in [0.1, 0.15) is 5.75 Å². The molecule has 0 saturated heterocycles. The lowest BCUT2D eigenvalue weighted by atomic mass is 10.1. The Hall–Kier alpha value is -2.99. The molecule has 0 atom stereocenters. The number of aryl methyl sites for hydroxylation is 1. The van der Waals surface area contributed by atoms with Gasteiger partial charge >= 0.3 is 5.97 Å². The lowest BCUT2D eigenvalue weighted by Gasteiger charge is -2.10.